The number of nitrogens with one attached hydrogen (secondary N) is 1. The Morgan fingerprint density at radius 3 is 2.52 bits per heavy atom. The van der Waals surface area contributed by atoms with Gasteiger partial charge in [0.2, 0.25) is 5.91 Å². The molecular weight excluding hydrogens is 347 g/mol. The van der Waals surface area contributed by atoms with Crippen molar-refractivity contribution in [3.8, 4) is 11.5 Å². The summed E-state index contributed by atoms with van der Waals surface area (Å²) in [6, 6.07) is 14.3. The second-order valence-corrected chi connectivity index (χ2v) is 6.61. The zero-order valence-corrected chi connectivity index (χ0v) is 15.5. The Balaban J connectivity index is 1.42. The van der Waals surface area contributed by atoms with Gasteiger partial charge >= 0.3 is 0 Å². The van der Waals surface area contributed by atoms with Crippen LogP contribution in [0.4, 0.5) is 4.39 Å². The molecule has 1 aliphatic carbocycles. The van der Waals surface area contributed by atoms with Gasteiger partial charge in [0.25, 0.3) is 0 Å². The van der Waals surface area contributed by atoms with Crippen LogP contribution in [0.1, 0.15) is 18.4 Å². The molecule has 2 aromatic rings. The van der Waals surface area contributed by atoms with Crippen molar-refractivity contribution in [1.82, 2.24) is 10.2 Å². The third kappa shape index (κ3) is 5.96. The molecule has 144 valence electrons. The molecule has 3 rings (SSSR count). The van der Waals surface area contributed by atoms with E-state index >= 15 is 0 Å². The number of hydrogen-bond acceptors (Lipinski definition) is 4. The van der Waals surface area contributed by atoms with Crippen molar-refractivity contribution >= 4 is 5.91 Å². The summed E-state index contributed by atoms with van der Waals surface area (Å²) < 4.78 is 23.9. The van der Waals surface area contributed by atoms with Crippen LogP contribution in [0.3, 0.4) is 0 Å². The summed E-state index contributed by atoms with van der Waals surface area (Å²) in [7, 11) is 1.59. The molecule has 0 atom stereocenters. The van der Waals surface area contributed by atoms with E-state index in [1.807, 2.05) is 24.3 Å². The zero-order chi connectivity index (χ0) is 19.1. The second kappa shape index (κ2) is 9.37. The van der Waals surface area contributed by atoms with E-state index in [0.717, 1.165) is 18.4 Å². The third-order valence-electron chi connectivity index (χ3n) is 4.46. The van der Waals surface area contributed by atoms with Gasteiger partial charge in [0.1, 0.15) is 12.4 Å². The highest BCUT2D eigenvalue weighted by molar-refractivity contribution is 5.78. The molecule has 0 heterocycles. The highest BCUT2D eigenvalue weighted by Gasteiger charge is 2.30. The van der Waals surface area contributed by atoms with Crippen LogP contribution in [0.2, 0.25) is 0 Å². The van der Waals surface area contributed by atoms with Gasteiger partial charge < -0.3 is 14.8 Å². The van der Waals surface area contributed by atoms with E-state index in [2.05, 4.69) is 10.2 Å². The van der Waals surface area contributed by atoms with Crippen LogP contribution >= 0.6 is 0 Å². The number of ether oxygens (including phenoxy) is 2. The van der Waals surface area contributed by atoms with Crippen molar-refractivity contribution in [2.24, 2.45) is 0 Å². The molecule has 1 aliphatic rings. The summed E-state index contributed by atoms with van der Waals surface area (Å²) in [5.41, 5.74) is 1.01. The predicted molar refractivity (Wildman–Crippen MR) is 101 cm³/mol. The first-order valence-electron chi connectivity index (χ1n) is 9.16. The van der Waals surface area contributed by atoms with E-state index in [-0.39, 0.29) is 11.7 Å². The number of hydrogen-bond donors (Lipinski definition) is 1. The van der Waals surface area contributed by atoms with Gasteiger partial charge in [-0.3, -0.25) is 9.69 Å². The minimum absolute atomic E-state index is 0.0346. The molecule has 1 N–H and O–H groups in total. The Kier molecular flexibility index (Phi) is 6.65. The van der Waals surface area contributed by atoms with Gasteiger partial charge in [0.15, 0.2) is 11.5 Å². The van der Waals surface area contributed by atoms with E-state index < -0.39 is 0 Å². The minimum Gasteiger partial charge on any atom is -0.493 e. The number of amides is 1. The maximum atomic E-state index is 13.1. The molecule has 6 heteroatoms. The van der Waals surface area contributed by atoms with Crippen molar-refractivity contribution < 1.29 is 18.7 Å². The number of carbonyl (C=O) groups excluding carboxylic acids is 1. The summed E-state index contributed by atoms with van der Waals surface area (Å²) in [5.74, 6) is 1.05. The van der Waals surface area contributed by atoms with Gasteiger partial charge in [-0.05, 0) is 42.7 Å². The first-order valence-corrected chi connectivity index (χ1v) is 9.16. The smallest absolute Gasteiger partial charge is 0.234 e. The standard InChI is InChI=1S/C21H25FN2O3/c1-26-19-4-2-3-5-20(19)27-13-12-23-21(25)15-24(18-10-11-18)14-16-6-8-17(22)9-7-16/h2-9,18H,10-15H2,1H3,(H,23,25). The average molecular weight is 372 g/mol. The minimum atomic E-state index is -0.246. The first-order chi connectivity index (χ1) is 13.2. The average Bonchev–Trinajstić information content (AvgIpc) is 3.52. The maximum Gasteiger partial charge on any atom is 0.234 e. The summed E-state index contributed by atoms with van der Waals surface area (Å²) >= 11 is 0. The van der Waals surface area contributed by atoms with Gasteiger partial charge in [0, 0.05) is 12.6 Å². The second-order valence-electron chi connectivity index (χ2n) is 6.61. The lowest BCUT2D eigenvalue weighted by molar-refractivity contribution is -0.122. The predicted octanol–water partition coefficient (Wildman–Crippen LogP) is 2.99. The Morgan fingerprint density at radius 1 is 1.15 bits per heavy atom. The van der Waals surface area contributed by atoms with Gasteiger partial charge in [-0.25, -0.2) is 4.39 Å². The molecule has 0 bridgehead atoms. The van der Waals surface area contributed by atoms with Crippen LogP contribution in [0.5, 0.6) is 11.5 Å². The van der Waals surface area contributed by atoms with E-state index in [1.165, 1.54) is 12.1 Å². The molecule has 0 aromatic heterocycles. The quantitative estimate of drug-likeness (QED) is 0.652. The van der Waals surface area contributed by atoms with Crippen molar-refractivity contribution in [2.45, 2.75) is 25.4 Å². The summed E-state index contributed by atoms with van der Waals surface area (Å²) in [4.78, 5) is 14.4. The lowest BCUT2D eigenvalue weighted by atomic mass is 10.2. The molecule has 0 unspecified atom stereocenters. The van der Waals surface area contributed by atoms with Crippen LogP contribution in [0, 0.1) is 5.82 Å². The molecule has 5 nitrogen and oxygen atoms in total. The Labute approximate surface area is 159 Å². The summed E-state index contributed by atoms with van der Waals surface area (Å²) in [6.45, 7) is 1.77. The molecule has 1 amide bonds. The van der Waals surface area contributed by atoms with Crippen molar-refractivity contribution in [1.29, 1.82) is 0 Å². The number of para-hydroxylation sites is 2. The Morgan fingerprint density at radius 2 is 1.85 bits per heavy atom. The van der Waals surface area contributed by atoms with Crippen molar-refractivity contribution in [2.75, 3.05) is 26.8 Å². The number of methoxy groups -OCH3 is 1. The fourth-order valence-corrected chi connectivity index (χ4v) is 2.91. The summed E-state index contributed by atoms with van der Waals surface area (Å²) in [6.07, 6.45) is 2.21. The molecular formula is C21H25FN2O3. The molecule has 0 saturated heterocycles. The van der Waals surface area contributed by atoms with Gasteiger partial charge in [0.05, 0.1) is 20.2 Å². The summed E-state index contributed by atoms with van der Waals surface area (Å²) in [5, 5.41) is 2.89. The highest BCUT2D eigenvalue weighted by atomic mass is 19.1. The van der Waals surface area contributed by atoms with Gasteiger partial charge in [-0.1, -0.05) is 24.3 Å². The molecule has 0 radical (unpaired) electrons. The molecule has 0 spiro atoms. The number of halogens is 1. The third-order valence-corrected chi connectivity index (χ3v) is 4.46. The van der Waals surface area contributed by atoms with Crippen LogP contribution in [-0.4, -0.2) is 43.7 Å². The highest BCUT2D eigenvalue weighted by Crippen LogP contribution is 2.28. The van der Waals surface area contributed by atoms with Crippen LogP contribution in [0.25, 0.3) is 0 Å². The number of rotatable bonds is 10. The molecule has 1 fully saturated rings. The van der Waals surface area contributed by atoms with Crippen LogP contribution < -0.4 is 14.8 Å². The fourth-order valence-electron chi connectivity index (χ4n) is 2.91. The SMILES string of the molecule is COc1ccccc1OCCNC(=O)CN(Cc1ccc(F)cc1)C1CC1. The van der Waals surface area contributed by atoms with E-state index in [1.54, 1.807) is 19.2 Å². The largest absolute Gasteiger partial charge is 0.493 e. The lowest BCUT2D eigenvalue weighted by Crippen LogP contribution is -2.39. The molecule has 0 aliphatic heterocycles. The van der Waals surface area contributed by atoms with E-state index in [9.17, 15) is 9.18 Å². The Bertz CT molecular complexity index is 747. The zero-order valence-electron chi connectivity index (χ0n) is 15.5. The molecule has 2 aromatic carbocycles. The van der Waals surface area contributed by atoms with Crippen LogP contribution in [0.15, 0.2) is 48.5 Å². The van der Waals surface area contributed by atoms with E-state index in [0.29, 0.717) is 43.8 Å². The molecule has 27 heavy (non-hydrogen) atoms. The first kappa shape index (κ1) is 19.2. The van der Waals surface area contributed by atoms with Crippen molar-refractivity contribution in [3.63, 3.8) is 0 Å². The number of nitrogens with zero attached hydrogens (tertiary/aromatic N) is 1. The van der Waals surface area contributed by atoms with E-state index in [4.69, 9.17) is 9.47 Å². The Hall–Kier alpha value is -2.60. The van der Waals surface area contributed by atoms with Gasteiger partial charge in [-0.2, -0.15) is 0 Å². The fraction of sp³-hybridized carbons (Fsp3) is 0.381. The topological polar surface area (TPSA) is 50.8 Å². The molecule has 1 saturated carbocycles. The van der Waals surface area contributed by atoms with Crippen molar-refractivity contribution in [3.05, 3.63) is 59.9 Å². The normalized spacial score (nSPS) is 13.4. The number of benzene rings is 2. The van der Waals surface area contributed by atoms with Crippen LogP contribution in [-0.2, 0) is 11.3 Å². The van der Waals surface area contributed by atoms with Gasteiger partial charge in [-0.15, -0.1) is 0 Å². The monoisotopic (exact) mass is 372 g/mol. The lowest BCUT2D eigenvalue weighted by Gasteiger charge is -2.21. The maximum absolute atomic E-state index is 13.1. The number of carbonyl (C=O) groups is 1.